The number of hydrogen-bond donors (Lipinski definition) is 0. The summed E-state index contributed by atoms with van der Waals surface area (Å²) in [5.41, 5.74) is -1.46. The van der Waals surface area contributed by atoms with Crippen LogP contribution < -0.4 is 0 Å². The maximum Gasteiger partial charge on any atom is 0.241 e. The van der Waals surface area contributed by atoms with Crippen LogP contribution in [0.1, 0.15) is 54.4 Å². The van der Waals surface area contributed by atoms with Crippen molar-refractivity contribution in [2.24, 2.45) is 16.7 Å². The molecule has 0 aromatic rings. The van der Waals surface area contributed by atoms with Gasteiger partial charge in [0.2, 0.25) is 17.7 Å². The maximum absolute atomic E-state index is 12.3. The van der Waals surface area contributed by atoms with Crippen molar-refractivity contribution in [1.82, 2.24) is 4.90 Å². The van der Waals surface area contributed by atoms with Crippen LogP contribution in [0.25, 0.3) is 0 Å². The maximum atomic E-state index is 12.3. The lowest BCUT2D eigenvalue weighted by molar-refractivity contribution is -0.162. The van der Waals surface area contributed by atoms with Crippen molar-refractivity contribution in [2.45, 2.75) is 54.4 Å². The summed E-state index contributed by atoms with van der Waals surface area (Å²) in [7, 11) is 0. The first kappa shape index (κ1) is 14.9. The molecule has 1 fully saturated rings. The molecule has 3 amide bonds. The van der Waals surface area contributed by atoms with Crippen LogP contribution in [0, 0.1) is 16.7 Å². The van der Waals surface area contributed by atoms with Gasteiger partial charge >= 0.3 is 0 Å². The molecular formula is C14H23NO3. The fraction of sp³-hybridized carbons (Fsp3) is 0.786. The van der Waals surface area contributed by atoms with E-state index in [1.165, 1.54) is 0 Å². The summed E-state index contributed by atoms with van der Waals surface area (Å²) < 4.78 is 0. The number of amides is 3. The first-order valence-electron chi connectivity index (χ1n) is 6.39. The molecule has 4 heteroatoms. The second-order valence-corrected chi connectivity index (χ2v) is 7.06. The summed E-state index contributed by atoms with van der Waals surface area (Å²) in [5, 5.41) is 0. The third-order valence-electron chi connectivity index (χ3n) is 2.84. The molecule has 0 unspecified atom stereocenters. The number of carbonyl (C=O) groups is 3. The highest BCUT2D eigenvalue weighted by Gasteiger charge is 2.45. The van der Waals surface area contributed by atoms with E-state index >= 15 is 0 Å². The standard InChI is InChI=1S/C14H23NO3/c1-13(2,3)11(17)15(10(16)9-7-8-9)12(18)14(4,5)6/h9H,7-8H2,1-6H3. The number of imide groups is 3. The van der Waals surface area contributed by atoms with E-state index < -0.39 is 22.6 Å². The summed E-state index contributed by atoms with van der Waals surface area (Å²) in [4.78, 5) is 37.7. The molecule has 0 spiro atoms. The highest BCUT2D eigenvalue weighted by Crippen LogP contribution is 2.34. The van der Waals surface area contributed by atoms with Gasteiger partial charge in [0.15, 0.2) is 0 Å². The van der Waals surface area contributed by atoms with Gasteiger partial charge in [-0.1, -0.05) is 41.5 Å². The Morgan fingerprint density at radius 1 is 0.833 bits per heavy atom. The Bertz CT molecular complexity index is 355. The van der Waals surface area contributed by atoms with Gasteiger partial charge in [-0.05, 0) is 12.8 Å². The van der Waals surface area contributed by atoms with Gasteiger partial charge in [-0.25, -0.2) is 4.90 Å². The Balaban J connectivity index is 3.06. The molecule has 1 aliphatic carbocycles. The van der Waals surface area contributed by atoms with Crippen molar-refractivity contribution in [1.29, 1.82) is 0 Å². The Kier molecular flexibility index (Phi) is 3.70. The summed E-state index contributed by atoms with van der Waals surface area (Å²) in [6.45, 7) is 10.3. The fourth-order valence-corrected chi connectivity index (χ4v) is 1.48. The van der Waals surface area contributed by atoms with Crippen LogP contribution in [0.15, 0.2) is 0 Å². The average Bonchev–Trinajstić information content (AvgIpc) is 2.97. The average molecular weight is 253 g/mol. The van der Waals surface area contributed by atoms with Crippen molar-refractivity contribution in [3.8, 4) is 0 Å². The lowest BCUT2D eigenvalue weighted by atomic mass is 9.90. The van der Waals surface area contributed by atoms with Gasteiger partial charge in [0.1, 0.15) is 0 Å². The molecule has 0 saturated heterocycles. The van der Waals surface area contributed by atoms with Crippen LogP contribution >= 0.6 is 0 Å². The van der Waals surface area contributed by atoms with E-state index in [9.17, 15) is 14.4 Å². The minimum absolute atomic E-state index is 0.136. The zero-order chi connectivity index (χ0) is 14.3. The van der Waals surface area contributed by atoms with Gasteiger partial charge in [0.05, 0.1) is 0 Å². The van der Waals surface area contributed by atoms with Crippen LogP contribution in [0.2, 0.25) is 0 Å². The van der Waals surface area contributed by atoms with E-state index in [1.54, 1.807) is 41.5 Å². The van der Waals surface area contributed by atoms with Crippen LogP contribution in [-0.2, 0) is 14.4 Å². The molecule has 0 aromatic carbocycles. The normalized spacial score (nSPS) is 16.3. The second-order valence-electron chi connectivity index (χ2n) is 7.06. The van der Waals surface area contributed by atoms with Gasteiger partial charge in [-0.2, -0.15) is 0 Å². The molecule has 0 N–H and O–H groups in total. The van der Waals surface area contributed by atoms with Crippen LogP contribution in [0.3, 0.4) is 0 Å². The summed E-state index contributed by atoms with van der Waals surface area (Å²) >= 11 is 0. The van der Waals surface area contributed by atoms with E-state index in [-0.39, 0.29) is 11.8 Å². The van der Waals surface area contributed by atoms with E-state index in [1.807, 2.05) is 0 Å². The molecule has 0 aliphatic heterocycles. The Morgan fingerprint density at radius 3 is 1.39 bits per heavy atom. The Hall–Kier alpha value is -1.19. The Morgan fingerprint density at radius 2 is 1.17 bits per heavy atom. The summed E-state index contributed by atoms with van der Waals surface area (Å²) in [6.07, 6.45) is 1.56. The lowest BCUT2D eigenvalue weighted by Crippen LogP contribution is -2.51. The van der Waals surface area contributed by atoms with Gasteiger partial charge in [-0.15, -0.1) is 0 Å². The predicted octanol–water partition coefficient (Wildman–Crippen LogP) is 2.37. The first-order chi connectivity index (χ1) is 7.96. The molecule has 0 bridgehead atoms. The quantitative estimate of drug-likeness (QED) is 0.721. The first-order valence-corrected chi connectivity index (χ1v) is 6.39. The predicted molar refractivity (Wildman–Crippen MR) is 68.5 cm³/mol. The van der Waals surface area contributed by atoms with Gasteiger partial charge < -0.3 is 0 Å². The van der Waals surface area contributed by atoms with Gasteiger partial charge in [0.25, 0.3) is 0 Å². The van der Waals surface area contributed by atoms with Crippen molar-refractivity contribution >= 4 is 17.7 Å². The molecule has 0 atom stereocenters. The monoisotopic (exact) mass is 253 g/mol. The van der Waals surface area contributed by atoms with Gasteiger partial charge in [0, 0.05) is 16.7 Å². The Labute approximate surface area is 109 Å². The van der Waals surface area contributed by atoms with Crippen LogP contribution in [-0.4, -0.2) is 22.6 Å². The van der Waals surface area contributed by atoms with Crippen molar-refractivity contribution in [3.05, 3.63) is 0 Å². The van der Waals surface area contributed by atoms with Gasteiger partial charge in [-0.3, -0.25) is 14.4 Å². The molecule has 1 saturated carbocycles. The van der Waals surface area contributed by atoms with E-state index in [0.717, 1.165) is 17.7 Å². The van der Waals surface area contributed by atoms with Crippen molar-refractivity contribution in [3.63, 3.8) is 0 Å². The number of hydrogen-bond acceptors (Lipinski definition) is 3. The minimum atomic E-state index is -0.731. The zero-order valence-electron chi connectivity index (χ0n) is 12.2. The highest BCUT2D eigenvalue weighted by molar-refractivity contribution is 6.14. The summed E-state index contributed by atoms with van der Waals surface area (Å²) in [6, 6.07) is 0. The van der Waals surface area contributed by atoms with Crippen LogP contribution in [0.4, 0.5) is 0 Å². The molecule has 18 heavy (non-hydrogen) atoms. The molecule has 1 rings (SSSR count). The minimum Gasteiger partial charge on any atom is -0.274 e. The van der Waals surface area contributed by atoms with Crippen molar-refractivity contribution < 1.29 is 14.4 Å². The number of carbonyl (C=O) groups excluding carboxylic acids is 3. The number of nitrogens with zero attached hydrogens (tertiary/aromatic N) is 1. The highest BCUT2D eigenvalue weighted by atomic mass is 16.2. The number of rotatable bonds is 1. The molecule has 0 heterocycles. The van der Waals surface area contributed by atoms with Crippen LogP contribution in [0.5, 0.6) is 0 Å². The smallest absolute Gasteiger partial charge is 0.241 e. The zero-order valence-corrected chi connectivity index (χ0v) is 12.2. The SMILES string of the molecule is CC(C)(C)C(=O)N(C(=O)C1CC1)C(=O)C(C)(C)C. The van der Waals surface area contributed by atoms with E-state index in [4.69, 9.17) is 0 Å². The van der Waals surface area contributed by atoms with Crippen molar-refractivity contribution in [2.75, 3.05) is 0 Å². The fourth-order valence-electron chi connectivity index (χ4n) is 1.48. The molecule has 0 aromatic heterocycles. The topological polar surface area (TPSA) is 54.5 Å². The third kappa shape index (κ3) is 3.18. The molecule has 0 radical (unpaired) electrons. The van der Waals surface area contributed by atoms with E-state index in [2.05, 4.69) is 0 Å². The second kappa shape index (κ2) is 4.48. The molecule has 102 valence electrons. The lowest BCUT2D eigenvalue weighted by Gasteiger charge is -2.31. The third-order valence-corrected chi connectivity index (χ3v) is 2.84. The largest absolute Gasteiger partial charge is 0.274 e. The molecular weight excluding hydrogens is 230 g/mol. The summed E-state index contributed by atoms with van der Waals surface area (Å²) in [5.74, 6) is -1.27. The molecule has 4 nitrogen and oxygen atoms in total. The molecule has 1 aliphatic rings. The van der Waals surface area contributed by atoms with E-state index in [0.29, 0.717) is 0 Å².